The van der Waals surface area contributed by atoms with Crippen molar-refractivity contribution in [3.8, 4) is 0 Å². The molecule has 0 radical (unpaired) electrons. The molecule has 0 bridgehead atoms. The zero-order valence-corrected chi connectivity index (χ0v) is 19.5. The van der Waals surface area contributed by atoms with Crippen LogP contribution in [0.3, 0.4) is 0 Å². The molecule has 0 aromatic heterocycles. The minimum Gasteiger partial charge on any atom is -0.480 e. The summed E-state index contributed by atoms with van der Waals surface area (Å²) in [4.78, 5) is 42.1. The van der Waals surface area contributed by atoms with Crippen molar-refractivity contribution in [2.75, 3.05) is 0 Å². The average molecular weight is 434 g/mol. The molecule has 1 aromatic rings. The van der Waals surface area contributed by atoms with Gasteiger partial charge in [-0.1, -0.05) is 84.1 Å². The normalized spacial score (nSPS) is 12.9. The Morgan fingerprint density at radius 1 is 0.935 bits per heavy atom. The van der Waals surface area contributed by atoms with Crippen LogP contribution in [0.25, 0.3) is 0 Å². The number of hydroxylamine groups is 1. The number of carboxylic acid groups (broad SMARTS) is 1. The SMILES string of the molecule is CCCCCCCCc1ccc(C(CC)(C(=O)O)C(=O)ONC(=O)C(CC)CC)cc1. The van der Waals surface area contributed by atoms with Crippen LogP contribution < -0.4 is 5.48 Å². The highest BCUT2D eigenvalue weighted by Gasteiger charge is 2.48. The van der Waals surface area contributed by atoms with Crippen LogP contribution in [-0.4, -0.2) is 23.0 Å². The fourth-order valence-electron chi connectivity index (χ4n) is 3.82. The molecule has 1 unspecified atom stereocenters. The molecular formula is C25H39NO5. The van der Waals surface area contributed by atoms with Gasteiger partial charge in [0.15, 0.2) is 5.41 Å². The van der Waals surface area contributed by atoms with E-state index < -0.39 is 23.3 Å². The first-order valence-corrected chi connectivity index (χ1v) is 11.7. The van der Waals surface area contributed by atoms with Gasteiger partial charge >= 0.3 is 11.9 Å². The van der Waals surface area contributed by atoms with E-state index >= 15 is 0 Å². The maximum Gasteiger partial charge on any atom is 0.353 e. The lowest BCUT2D eigenvalue weighted by molar-refractivity contribution is -0.172. The third kappa shape index (κ3) is 7.37. The van der Waals surface area contributed by atoms with Crippen LogP contribution in [0.15, 0.2) is 24.3 Å². The van der Waals surface area contributed by atoms with Gasteiger partial charge in [-0.15, -0.1) is 0 Å². The summed E-state index contributed by atoms with van der Waals surface area (Å²) in [6, 6.07) is 7.14. The number of aliphatic carboxylic acids is 1. The predicted octanol–water partition coefficient (Wildman–Crippen LogP) is 5.33. The van der Waals surface area contributed by atoms with Crippen molar-refractivity contribution in [3.05, 3.63) is 35.4 Å². The summed E-state index contributed by atoms with van der Waals surface area (Å²) in [5, 5.41) is 9.91. The van der Waals surface area contributed by atoms with Gasteiger partial charge in [0, 0.05) is 5.92 Å². The first-order chi connectivity index (χ1) is 14.9. The third-order valence-corrected chi connectivity index (χ3v) is 6.11. The highest BCUT2D eigenvalue weighted by Crippen LogP contribution is 2.31. The molecule has 2 N–H and O–H groups in total. The van der Waals surface area contributed by atoms with Crippen LogP contribution in [0.5, 0.6) is 0 Å². The van der Waals surface area contributed by atoms with Crippen molar-refractivity contribution in [1.29, 1.82) is 0 Å². The van der Waals surface area contributed by atoms with E-state index in [1.165, 1.54) is 32.1 Å². The first kappa shape index (κ1) is 26.7. The number of hydrogen-bond donors (Lipinski definition) is 2. The van der Waals surface area contributed by atoms with Crippen LogP contribution >= 0.6 is 0 Å². The van der Waals surface area contributed by atoms with Crippen LogP contribution in [0, 0.1) is 5.92 Å². The van der Waals surface area contributed by atoms with Gasteiger partial charge in [-0.05, 0) is 43.2 Å². The van der Waals surface area contributed by atoms with Crippen LogP contribution in [0.2, 0.25) is 0 Å². The van der Waals surface area contributed by atoms with Crippen molar-refractivity contribution in [2.24, 2.45) is 5.92 Å². The minimum atomic E-state index is -1.86. The van der Waals surface area contributed by atoms with E-state index in [9.17, 15) is 19.5 Å². The lowest BCUT2D eigenvalue weighted by atomic mass is 9.78. The fraction of sp³-hybridized carbons (Fsp3) is 0.640. The second kappa shape index (κ2) is 13.8. The summed E-state index contributed by atoms with van der Waals surface area (Å²) in [5.41, 5.74) is 1.77. The Labute approximate surface area is 186 Å². The summed E-state index contributed by atoms with van der Waals surface area (Å²) >= 11 is 0. The predicted molar refractivity (Wildman–Crippen MR) is 121 cm³/mol. The van der Waals surface area contributed by atoms with Crippen molar-refractivity contribution in [1.82, 2.24) is 5.48 Å². The molecule has 1 aromatic carbocycles. The van der Waals surface area contributed by atoms with E-state index in [-0.39, 0.29) is 12.3 Å². The Morgan fingerprint density at radius 2 is 1.52 bits per heavy atom. The van der Waals surface area contributed by atoms with Gasteiger partial charge in [0.05, 0.1) is 0 Å². The Morgan fingerprint density at radius 3 is 2.03 bits per heavy atom. The van der Waals surface area contributed by atoms with Gasteiger partial charge in [-0.2, -0.15) is 5.48 Å². The second-order valence-corrected chi connectivity index (χ2v) is 8.15. The van der Waals surface area contributed by atoms with E-state index in [4.69, 9.17) is 4.84 Å². The van der Waals surface area contributed by atoms with Gasteiger partial charge < -0.3 is 9.94 Å². The topological polar surface area (TPSA) is 92.7 Å². The molecule has 1 amide bonds. The van der Waals surface area contributed by atoms with Gasteiger partial charge in [0.2, 0.25) is 0 Å². The molecule has 0 fully saturated rings. The Balaban J connectivity index is 2.84. The number of unbranched alkanes of at least 4 members (excludes halogenated alkanes) is 5. The zero-order valence-electron chi connectivity index (χ0n) is 19.5. The Kier molecular flexibility index (Phi) is 11.9. The minimum absolute atomic E-state index is 0.0127. The smallest absolute Gasteiger partial charge is 0.353 e. The molecule has 1 rings (SSSR count). The maximum atomic E-state index is 12.8. The largest absolute Gasteiger partial charge is 0.480 e. The Bertz CT molecular complexity index is 696. The molecule has 1 atom stereocenters. The van der Waals surface area contributed by atoms with Crippen LogP contribution in [0.4, 0.5) is 0 Å². The van der Waals surface area contributed by atoms with Crippen LogP contribution in [-0.2, 0) is 31.1 Å². The number of benzene rings is 1. The number of aryl methyl sites for hydroxylation is 1. The monoisotopic (exact) mass is 433 g/mol. The number of carbonyl (C=O) groups is 3. The van der Waals surface area contributed by atoms with Crippen LogP contribution in [0.1, 0.15) is 96.6 Å². The fourth-order valence-corrected chi connectivity index (χ4v) is 3.82. The molecule has 0 heterocycles. The lowest BCUT2D eigenvalue weighted by Gasteiger charge is -2.26. The molecule has 0 aliphatic rings. The molecule has 0 saturated heterocycles. The third-order valence-electron chi connectivity index (χ3n) is 6.11. The molecular weight excluding hydrogens is 394 g/mol. The number of carbonyl (C=O) groups excluding carboxylic acids is 2. The maximum absolute atomic E-state index is 12.8. The lowest BCUT2D eigenvalue weighted by Crippen LogP contribution is -2.47. The van der Waals surface area contributed by atoms with Gasteiger partial charge in [0.25, 0.3) is 5.91 Å². The molecule has 0 spiro atoms. The van der Waals surface area contributed by atoms with Crippen molar-refractivity contribution in [2.45, 2.75) is 97.3 Å². The van der Waals surface area contributed by atoms with E-state index in [0.717, 1.165) is 18.4 Å². The number of carboxylic acids is 1. The number of rotatable bonds is 14. The van der Waals surface area contributed by atoms with E-state index in [1.807, 2.05) is 26.0 Å². The molecule has 0 saturated carbocycles. The number of hydrogen-bond acceptors (Lipinski definition) is 4. The van der Waals surface area contributed by atoms with Gasteiger partial charge in [-0.25, -0.2) is 4.79 Å². The van der Waals surface area contributed by atoms with Crippen molar-refractivity contribution < 1.29 is 24.3 Å². The highest BCUT2D eigenvalue weighted by molar-refractivity contribution is 6.05. The summed E-state index contributed by atoms with van der Waals surface area (Å²) < 4.78 is 0. The molecule has 6 heteroatoms. The highest BCUT2D eigenvalue weighted by atomic mass is 16.7. The molecule has 31 heavy (non-hydrogen) atoms. The zero-order chi connectivity index (χ0) is 23.3. The summed E-state index contributed by atoms with van der Waals surface area (Å²) in [5.74, 6) is -2.97. The Hall–Kier alpha value is -2.37. The summed E-state index contributed by atoms with van der Waals surface area (Å²) in [6.07, 6.45) is 9.43. The van der Waals surface area contributed by atoms with Crippen molar-refractivity contribution in [3.63, 3.8) is 0 Å². The molecule has 0 aliphatic carbocycles. The standard InChI is InChI=1S/C25H39NO5/c1-5-9-10-11-12-13-14-19-15-17-21(18-16-19)25(8-4,23(28)29)24(30)31-26-22(27)20(6-2)7-3/h15-18,20H,5-14H2,1-4H3,(H,26,27)(H,28,29). The molecule has 0 aliphatic heterocycles. The summed E-state index contributed by atoms with van der Waals surface area (Å²) in [6.45, 7) is 7.57. The van der Waals surface area contributed by atoms with Gasteiger partial charge in [0.1, 0.15) is 0 Å². The average Bonchev–Trinajstić information content (AvgIpc) is 2.77. The molecule has 6 nitrogen and oxygen atoms in total. The molecule has 174 valence electrons. The van der Waals surface area contributed by atoms with E-state index in [2.05, 4.69) is 12.4 Å². The number of nitrogens with one attached hydrogen (secondary N) is 1. The van der Waals surface area contributed by atoms with Crippen molar-refractivity contribution >= 4 is 17.8 Å². The van der Waals surface area contributed by atoms with E-state index in [1.54, 1.807) is 19.1 Å². The number of amides is 1. The summed E-state index contributed by atoms with van der Waals surface area (Å²) in [7, 11) is 0. The van der Waals surface area contributed by atoms with Gasteiger partial charge in [-0.3, -0.25) is 9.59 Å². The van der Waals surface area contributed by atoms with E-state index in [0.29, 0.717) is 18.4 Å². The quantitative estimate of drug-likeness (QED) is 0.235. The first-order valence-electron chi connectivity index (χ1n) is 11.7. The second-order valence-electron chi connectivity index (χ2n) is 8.15.